The predicted octanol–water partition coefficient (Wildman–Crippen LogP) is 3.39. The van der Waals surface area contributed by atoms with Crippen LogP contribution in [0.2, 0.25) is 0 Å². The van der Waals surface area contributed by atoms with E-state index in [1.807, 2.05) is 36.4 Å². The van der Waals surface area contributed by atoms with Crippen LogP contribution in [0.5, 0.6) is 0 Å². The van der Waals surface area contributed by atoms with Crippen LogP contribution in [0.4, 0.5) is 0 Å². The quantitative estimate of drug-likeness (QED) is 0.622. The lowest BCUT2D eigenvalue weighted by Gasteiger charge is -1.92. The SMILES string of the molecule is [NH-]C/C=C/C=C/Cc1ccccc1. The summed E-state index contributed by atoms with van der Waals surface area (Å²) >= 11 is 0. The molecule has 0 aliphatic rings. The van der Waals surface area contributed by atoms with Crippen molar-refractivity contribution in [2.75, 3.05) is 6.54 Å². The molecule has 0 aromatic heterocycles. The van der Waals surface area contributed by atoms with E-state index in [0.717, 1.165) is 6.42 Å². The molecule has 13 heavy (non-hydrogen) atoms. The van der Waals surface area contributed by atoms with Crippen molar-refractivity contribution in [1.82, 2.24) is 0 Å². The zero-order valence-corrected chi connectivity index (χ0v) is 7.61. The van der Waals surface area contributed by atoms with Crippen LogP contribution in [0, 0.1) is 0 Å². The fraction of sp³-hybridized carbons (Fsp3) is 0.167. The Morgan fingerprint density at radius 2 is 1.69 bits per heavy atom. The Hall–Kier alpha value is -1.34. The Balaban J connectivity index is 2.35. The Kier molecular flexibility index (Phi) is 4.65. The third-order valence-corrected chi connectivity index (χ3v) is 1.70. The van der Waals surface area contributed by atoms with Gasteiger partial charge in [-0.3, -0.25) is 0 Å². The number of hydrogen-bond acceptors (Lipinski definition) is 0. The van der Waals surface area contributed by atoms with Gasteiger partial charge in [0, 0.05) is 0 Å². The van der Waals surface area contributed by atoms with Crippen LogP contribution in [0.25, 0.3) is 5.73 Å². The molecule has 0 heterocycles. The van der Waals surface area contributed by atoms with Crippen molar-refractivity contribution in [3.8, 4) is 0 Å². The van der Waals surface area contributed by atoms with E-state index in [1.54, 1.807) is 0 Å². The van der Waals surface area contributed by atoms with Gasteiger partial charge in [-0.1, -0.05) is 48.6 Å². The van der Waals surface area contributed by atoms with Crippen molar-refractivity contribution in [2.24, 2.45) is 0 Å². The first-order valence-corrected chi connectivity index (χ1v) is 4.43. The van der Waals surface area contributed by atoms with Crippen molar-refractivity contribution in [3.63, 3.8) is 0 Å². The van der Waals surface area contributed by atoms with E-state index in [4.69, 9.17) is 5.73 Å². The van der Waals surface area contributed by atoms with Gasteiger partial charge in [-0.15, -0.1) is 12.6 Å². The number of rotatable bonds is 4. The molecule has 0 atom stereocenters. The molecule has 1 nitrogen and oxygen atoms in total. The number of hydrogen-bond donors (Lipinski definition) is 0. The average Bonchev–Trinajstić information content (AvgIpc) is 2.19. The molecule has 0 saturated carbocycles. The van der Waals surface area contributed by atoms with Crippen molar-refractivity contribution >= 4 is 0 Å². The molecule has 1 aromatic rings. The predicted molar refractivity (Wildman–Crippen MR) is 57.6 cm³/mol. The smallest absolute Gasteiger partial charge is 0.00943 e. The minimum Gasteiger partial charge on any atom is -0.674 e. The van der Waals surface area contributed by atoms with Crippen LogP contribution in [-0.4, -0.2) is 6.54 Å². The van der Waals surface area contributed by atoms with Gasteiger partial charge in [-0.2, -0.15) is 0 Å². The summed E-state index contributed by atoms with van der Waals surface area (Å²) in [5.41, 5.74) is 8.20. The van der Waals surface area contributed by atoms with Gasteiger partial charge >= 0.3 is 0 Å². The summed E-state index contributed by atoms with van der Waals surface area (Å²) < 4.78 is 0. The van der Waals surface area contributed by atoms with E-state index < -0.39 is 0 Å². The summed E-state index contributed by atoms with van der Waals surface area (Å²) in [5, 5.41) is 0. The molecule has 0 saturated heterocycles. The molecule has 0 aliphatic heterocycles. The van der Waals surface area contributed by atoms with Crippen molar-refractivity contribution in [2.45, 2.75) is 6.42 Å². The Bertz CT molecular complexity index is 272. The first-order chi connectivity index (χ1) is 6.43. The molecule has 0 fully saturated rings. The Labute approximate surface area is 79.6 Å². The van der Waals surface area contributed by atoms with Crippen molar-refractivity contribution < 1.29 is 0 Å². The number of allylic oxidation sites excluding steroid dienone is 3. The van der Waals surface area contributed by atoms with Crippen LogP contribution in [-0.2, 0) is 6.42 Å². The zero-order chi connectivity index (χ0) is 9.36. The van der Waals surface area contributed by atoms with Gasteiger partial charge in [0.2, 0.25) is 0 Å². The second-order valence-corrected chi connectivity index (χ2v) is 2.75. The molecule has 0 radical (unpaired) electrons. The highest BCUT2D eigenvalue weighted by Crippen LogP contribution is 1.99. The summed E-state index contributed by atoms with van der Waals surface area (Å²) in [4.78, 5) is 0. The highest BCUT2D eigenvalue weighted by Gasteiger charge is 1.83. The van der Waals surface area contributed by atoms with E-state index >= 15 is 0 Å². The Morgan fingerprint density at radius 1 is 1.00 bits per heavy atom. The molecule has 0 aliphatic carbocycles. The minimum absolute atomic E-state index is 0.357. The maximum absolute atomic E-state index is 6.88. The molecule has 1 N–H and O–H groups in total. The largest absolute Gasteiger partial charge is 0.674 e. The molecule has 0 spiro atoms. The van der Waals surface area contributed by atoms with Crippen molar-refractivity contribution in [1.29, 1.82) is 0 Å². The highest BCUT2D eigenvalue weighted by atomic mass is 14.5. The van der Waals surface area contributed by atoms with Crippen LogP contribution in [0.1, 0.15) is 5.56 Å². The Morgan fingerprint density at radius 3 is 2.38 bits per heavy atom. The second-order valence-electron chi connectivity index (χ2n) is 2.75. The summed E-state index contributed by atoms with van der Waals surface area (Å²) in [6.45, 7) is 0.357. The molecule has 1 aromatic carbocycles. The number of nitrogens with one attached hydrogen (secondary N) is 1. The van der Waals surface area contributed by atoms with Gasteiger partial charge in [0.1, 0.15) is 0 Å². The summed E-state index contributed by atoms with van der Waals surface area (Å²) in [5.74, 6) is 0. The third-order valence-electron chi connectivity index (χ3n) is 1.70. The first-order valence-electron chi connectivity index (χ1n) is 4.43. The maximum Gasteiger partial charge on any atom is -0.00943 e. The lowest BCUT2D eigenvalue weighted by atomic mass is 10.1. The molecular formula is C12H14N-. The fourth-order valence-electron chi connectivity index (χ4n) is 1.04. The lowest BCUT2D eigenvalue weighted by Crippen LogP contribution is -1.77. The van der Waals surface area contributed by atoms with Gasteiger partial charge in [0.25, 0.3) is 0 Å². The maximum atomic E-state index is 6.88. The second kappa shape index (κ2) is 6.21. The molecule has 0 bridgehead atoms. The molecule has 68 valence electrons. The zero-order valence-electron chi connectivity index (χ0n) is 7.61. The van der Waals surface area contributed by atoms with Gasteiger partial charge in [-0.05, 0) is 12.0 Å². The first kappa shape index (κ1) is 9.75. The average molecular weight is 172 g/mol. The van der Waals surface area contributed by atoms with Crippen LogP contribution in [0.15, 0.2) is 54.6 Å². The van der Waals surface area contributed by atoms with Gasteiger partial charge in [0.05, 0.1) is 0 Å². The molecule has 1 heteroatoms. The summed E-state index contributed by atoms with van der Waals surface area (Å²) in [6.07, 6.45) is 8.78. The van der Waals surface area contributed by atoms with E-state index in [0.29, 0.717) is 6.54 Å². The third kappa shape index (κ3) is 4.28. The van der Waals surface area contributed by atoms with Gasteiger partial charge in [-0.25, -0.2) is 0 Å². The summed E-state index contributed by atoms with van der Waals surface area (Å²) in [7, 11) is 0. The van der Waals surface area contributed by atoms with E-state index in [-0.39, 0.29) is 0 Å². The molecule has 1 rings (SSSR count). The standard InChI is InChI=1S/C12H14N/c13-11-7-2-1-4-8-12-9-5-3-6-10-12/h1-7,9-10,13H,8,11H2/q-1/b4-1+,7-2+. The van der Waals surface area contributed by atoms with Crippen LogP contribution in [0.3, 0.4) is 0 Å². The van der Waals surface area contributed by atoms with Crippen molar-refractivity contribution in [3.05, 3.63) is 65.9 Å². The van der Waals surface area contributed by atoms with Gasteiger partial charge < -0.3 is 5.73 Å². The van der Waals surface area contributed by atoms with Crippen LogP contribution < -0.4 is 0 Å². The molecular weight excluding hydrogens is 158 g/mol. The molecule has 0 unspecified atom stereocenters. The lowest BCUT2D eigenvalue weighted by molar-refractivity contribution is 1.27. The fourth-order valence-corrected chi connectivity index (χ4v) is 1.04. The monoisotopic (exact) mass is 172 g/mol. The molecule has 0 amide bonds. The van der Waals surface area contributed by atoms with Crippen LogP contribution >= 0.6 is 0 Å². The van der Waals surface area contributed by atoms with E-state index in [2.05, 4.69) is 18.2 Å². The van der Waals surface area contributed by atoms with E-state index in [1.165, 1.54) is 5.56 Å². The van der Waals surface area contributed by atoms with Gasteiger partial charge in [0.15, 0.2) is 0 Å². The highest BCUT2D eigenvalue weighted by molar-refractivity contribution is 5.18. The normalized spacial score (nSPS) is 11.5. The topological polar surface area (TPSA) is 23.8 Å². The minimum atomic E-state index is 0.357. The number of benzene rings is 1. The summed E-state index contributed by atoms with van der Waals surface area (Å²) in [6, 6.07) is 10.3. The van der Waals surface area contributed by atoms with E-state index in [9.17, 15) is 0 Å².